The van der Waals surface area contributed by atoms with E-state index in [4.69, 9.17) is 9.84 Å². The van der Waals surface area contributed by atoms with E-state index < -0.39 is 28.6 Å². The summed E-state index contributed by atoms with van der Waals surface area (Å²) in [6, 6.07) is 5.59. The smallest absolute Gasteiger partial charge is 0.318 e. The average Bonchev–Trinajstić information content (AvgIpc) is 2.43. The predicted molar refractivity (Wildman–Crippen MR) is 74.3 cm³/mol. The number of hydrogen-bond donors (Lipinski definition) is 1. The van der Waals surface area contributed by atoms with Crippen LogP contribution in [-0.4, -0.2) is 43.5 Å². The minimum absolute atomic E-state index is 0.0263. The molecule has 0 spiro atoms. The molecule has 7 heteroatoms. The van der Waals surface area contributed by atoms with Gasteiger partial charge in [0, 0.05) is 12.1 Å². The SMILES string of the molecule is CCC(C)N(CC(=O)O)S(=O)(=O)c1cccc(OC)c1. The fourth-order valence-corrected chi connectivity index (χ4v) is 3.40. The summed E-state index contributed by atoms with van der Waals surface area (Å²) in [5.41, 5.74) is 0. The van der Waals surface area contributed by atoms with Crippen LogP contribution in [0.15, 0.2) is 29.2 Å². The number of sulfonamides is 1. The van der Waals surface area contributed by atoms with Crippen LogP contribution in [0.4, 0.5) is 0 Å². The fraction of sp³-hybridized carbons (Fsp3) is 0.462. The number of rotatable bonds is 7. The van der Waals surface area contributed by atoms with Crippen LogP contribution in [0.3, 0.4) is 0 Å². The van der Waals surface area contributed by atoms with E-state index in [9.17, 15) is 13.2 Å². The normalized spacial score (nSPS) is 13.2. The summed E-state index contributed by atoms with van der Waals surface area (Å²) in [5, 5.41) is 8.91. The van der Waals surface area contributed by atoms with Crippen molar-refractivity contribution in [1.29, 1.82) is 0 Å². The minimum atomic E-state index is -3.87. The van der Waals surface area contributed by atoms with Crippen molar-refractivity contribution in [3.8, 4) is 5.75 Å². The molecule has 1 rings (SSSR count). The molecule has 0 aromatic heterocycles. The van der Waals surface area contributed by atoms with E-state index in [-0.39, 0.29) is 4.90 Å². The van der Waals surface area contributed by atoms with Gasteiger partial charge in [-0.3, -0.25) is 4.79 Å². The molecule has 1 N–H and O–H groups in total. The van der Waals surface area contributed by atoms with Gasteiger partial charge < -0.3 is 9.84 Å². The van der Waals surface area contributed by atoms with Crippen molar-refractivity contribution in [2.24, 2.45) is 0 Å². The lowest BCUT2D eigenvalue weighted by molar-refractivity contribution is -0.137. The van der Waals surface area contributed by atoms with Gasteiger partial charge in [-0.05, 0) is 25.5 Å². The molecule has 0 amide bonds. The highest BCUT2D eigenvalue weighted by Crippen LogP contribution is 2.23. The number of benzene rings is 1. The molecule has 1 atom stereocenters. The number of methoxy groups -OCH3 is 1. The van der Waals surface area contributed by atoms with Crippen molar-refractivity contribution in [2.75, 3.05) is 13.7 Å². The lowest BCUT2D eigenvalue weighted by Crippen LogP contribution is -2.41. The van der Waals surface area contributed by atoms with Crippen LogP contribution in [-0.2, 0) is 14.8 Å². The highest BCUT2D eigenvalue weighted by atomic mass is 32.2. The molecule has 0 saturated heterocycles. The second kappa shape index (κ2) is 6.71. The van der Waals surface area contributed by atoms with Gasteiger partial charge in [0.15, 0.2) is 0 Å². The molecule has 1 aromatic rings. The maximum atomic E-state index is 12.5. The third-order valence-corrected chi connectivity index (χ3v) is 4.98. The van der Waals surface area contributed by atoms with Gasteiger partial charge in [-0.25, -0.2) is 8.42 Å². The maximum Gasteiger partial charge on any atom is 0.318 e. The van der Waals surface area contributed by atoms with Crippen LogP contribution in [0.1, 0.15) is 20.3 Å². The Kier molecular flexibility index (Phi) is 5.52. The minimum Gasteiger partial charge on any atom is -0.497 e. The van der Waals surface area contributed by atoms with Crippen LogP contribution in [0, 0.1) is 0 Å². The van der Waals surface area contributed by atoms with Gasteiger partial charge in [-0.2, -0.15) is 4.31 Å². The lowest BCUT2D eigenvalue weighted by Gasteiger charge is -2.26. The van der Waals surface area contributed by atoms with E-state index in [0.717, 1.165) is 4.31 Å². The van der Waals surface area contributed by atoms with Crippen LogP contribution < -0.4 is 4.74 Å². The molecule has 112 valence electrons. The third kappa shape index (κ3) is 3.71. The molecular weight excluding hydrogens is 282 g/mol. The van der Waals surface area contributed by atoms with Crippen molar-refractivity contribution in [2.45, 2.75) is 31.2 Å². The zero-order chi connectivity index (χ0) is 15.3. The molecule has 0 heterocycles. The summed E-state index contributed by atoms with van der Waals surface area (Å²) in [6.07, 6.45) is 0.524. The van der Waals surface area contributed by atoms with Gasteiger partial charge in [0.1, 0.15) is 12.3 Å². The largest absolute Gasteiger partial charge is 0.497 e. The zero-order valence-corrected chi connectivity index (χ0v) is 12.6. The summed E-state index contributed by atoms with van der Waals surface area (Å²) in [4.78, 5) is 10.9. The van der Waals surface area contributed by atoms with Crippen LogP contribution >= 0.6 is 0 Å². The first-order valence-corrected chi connectivity index (χ1v) is 7.64. The Morgan fingerprint density at radius 3 is 2.60 bits per heavy atom. The summed E-state index contributed by atoms with van der Waals surface area (Å²) in [7, 11) is -2.43. The first kappa shape index (κ1) is 16.5. The van der Waals surface area contributed by atoms with Crippen molar-refractivity contribution in [3.05, 3.63) is 24.3 Å². The van der Waals surface area contributed by atoms with Gasteiger partial charge in [0.05, 0.1) is 12.0 Å². The van der Waals surface area contributed by atoms with E-state index >= 15 is 0 Å². The van der Waals surface area contributed by atoms with Crippen LogP contribution in [0.5, 0.6) is 5.75 Å². The van der Waals surface area contributed by atoms with Crippen molar-refractivity contribution < 1.29 is 23.1 Å². The van der Waals surface area contributed by atoms with E-state index in [2.05, 4.69) is 0 Å². The highest BCUT2D eigenvalue weighted by Gasteiger charge is 2.30. The van der Waals surface area contributed by atoms with Gasteiger partial charge in [-0.1, -0.05) is 13.0 Å². The molecule has 0 saturated carbocycles. The fourth-order valence-electron chi connectivity index (χ4n) is 1.71. The Hall–Kier alpha value is -1.60. The van der Waals surface area contributed by atoms with Crippen LogP contribution in [0.2, 0.25) is 0 Å². The molecule has 0 aliphatic heterocycles. The quantitative estimate of drug-likeness (QED) is 0.826. The van der Waals surface area contributed by atoms with Crippen molar-refractivity contribution in [1.82, 2.24) is 4.31 Å². The molecule has 0 aliphatic rings. The van der Waals surface area contributed by atoms with Crippen molar-refractivity contribution >= 4 is 16.0 Å². The summed E-state index contributed by atoms with van der Waals surface area (Å²) < 4.78 is 31.1. The molecular formula is C13H19NO5S. The first-order chi connectivity index (χ1) is 9.32. The number of carboxylic acids is 1. The summed E-state index contributed by atoms with van der Waals surface area (Å²) in [6.45, 7) is 2.93. The average molecular weight is 301 g/mol. The summed E-state index contributed by atoms with van der Waals surface area (Å²) in [5.74, 6) is -0.776. The van der Waals surface area contributed by atoms with E-state index in [1.165, 1.54) is 19.2 Å². The van der Waals surface area contributed by atoms with Gasteiger partial charge in [0.2, 0.25) is 10.0 Å². The number of ether oxygens (including phenoxy) is 1. The number of carboxylic acid groups (broad SMARTS) is 1. The van der Waals surface area contributed by atoms with Crippen molar-refractivity contribution in [3.63, 3.8) is 0 Å². The second-order valence-corrected chi connectivity index (χ2v) is 6.27. The Morgan fingerprint density at radius 2 is 2.10 bits per heavy atom. The lowest BCUT2D eigenvalue weighted by atomic mass is 10.2. The first-order valence-electron chi connectivity index (χ1n) is 6.20. The Balaban J connectivity index is 3.24. The summed E-state index contributed by atoms with van der Waals surface area (Å²) >= 11 is 0. The Labute approximate surface area is 119 Å². The number of hydrogen-bond acceptors (Lipinski definition) is 4. The second-order valence-electron chi connectivity index (χ2n) is 4.38. The molecule has 0 bridgehead atoms. The van der Waals surface area contributed by atoms with Gasteiger partial charge in [-0.15, -0.1) is 0 Å². The number of aliphatic carboxylic acids is 1. The molecule has 6 nitrogen and oxygen atoms in total. The topological polar surface area (TPSA) is 83.9 Å². The molecule has 1 unspecified atom stereocenters. The monoisotopic (exact) mass is 301 g/mol. The number of carbonyl (C=O) groups is 1. The van der Waals surface area contributed by atoms with Crippen LogP contribution in [0.25, 0.3) is 0 Å². The standard InChI is InChI=1S/C13H19NO5S/c1-4-10(2)14(9-13(15)16)20(17,18)12-7-5-6-11(8-12)19-3/h5-8,10H,4,9H2,1-3H3,(H,15,16). The highest BCUT2D eigenvalue weighted by molar-refractivity contribution is 7.89. The molecule has 0 radical (unpaired) electrons. The number of nitrogens with zero attached hydrogens (tertiary/aromatic N) is 1. The van der Waals surface area contributed by atoms with E-state index in [1.54, 1.807) is 26.0 Å². The molecule has 1 aromatic carbocycles. The maximum absolute atomic E-state index is 12.5. The van der Waals surface area contributed by atoms with Gasteiger partial charge in [0.25, 0.3) is 0 Å². The zero-order valence-electron chi connectivity index (χ0n) is 11.7. The third-order valence-electron chi connectivity index (χ3n) is 3.02. The van der Waals surface area contributed by atoms with E-state index in [1.807, 2.05) is 0 Å². The molecule has 20 heavy (non-hydrogen) atoms. The van der Waals surface area contributed by atoms with Gasteiger partial charge >= 0.3 is 5.97 Å². The van der Waals surface area contributed by atoms with E-state index in [0.29, 0.717) is 12.2 Å². The Bertz CT molecular complexity index is 570. The predicted octanol–water partition coefficient (Wildman–Crippen LogP) is 1.57. The Morgan fingerprint density at radius 1 is 1.45 bits per heavy atom. The molecule has 0 aliphatic carbocycles. The molecule has 0 fully saturated rings.